The van der Waals surface area contributed by atoms with Crippen molar-refractivity contribution in [1.29, 1.82) is 0 Å². The summed E-state index contributed by atoms with van der Waals surface area (Å²) in [5.74, 6) is -1.27. The number of carboxylic acid groups (broad SMARTS) is 1. The van der Waals surface area contributed by atoms with E-state index in [-0.39, 0.29) is 17.0 Å². The van der Waals surface area contributed by atoms with Crippen molar-refractivity contribution < 1.29 is 23.2 Å². The summed E-state index contributed by atoms with van der Waals surface area (Å²) >= 11 is 0. The molecule has 2 rings (SSSR count). The molecular formula is C10H11NO5S. The predicted octanol–water partition coefficient (Wildman–Crippen LogP) is 0.711. The molecule has 7 heteroatoms. The van der Waals surface area contributed by atoms with Crippen molar-refractivity contribution in [2.45, 2.75) is 11.3 Å². The summed E-state index contributed by atoms with van der Waals surface area (Å²) in [6.07, 6.45) is 0.606. The molecule has 0 spiro atoms. The van der Waals surface area contributed by atoms with Gasteiger partial charge in [0.05, 0.1) is 17.1 Å². The minimum absolute atomic E-state index is 0.241. The van der Waals surface area contributed by atoms with Gasteiger partial charge in [0.25, 0.3) is 10.0 Å². The van der Waals surface area contributed by atoms with Crippen LogP contribution < -0.4 is 0 Å². The third kappa shape index (κ3) is 2.17. The van der Waals surface area contributed by atoms with E-state index in [0.29, 0.717) is 13.0 Å². The first-order valence-corrected chi connectivity index (χ1v) is 6.45. The predicted molar refractivity (Wildman–Crippen MR) is 57.9 cm³/mol. The molecule has 0 aromatic heterocycles. The van der Waals surface area contributed by atoms with E-state index in [1.54, 1.807) is 0 Å². The molecule has 1 aromatic carbocycles. The van der Waals surface area contributed by atoms with Crippen LogP contribution in [0, 0.1) is 0 Å². The van der Waals surface area contributed by atoms with Crippen LogP contribution in [0.4, 0.5) is 0 Å². The largest absolute Gasteiger partial charge is 0.478 e. The molecule has 1 fully saturated rings. The van der Waals surface area contributed by atoms with Gasteiger partial charge in [0.1, 0.15) is 0 Å². The summed E-state index contributed by atoms with van der Waals surface area (Å²) in [4.78, 5) is 15.7. The summed E-state index contributed by atoms with van der Waals surface area (Å²) in [5.41, 5.74) is -0.247. The minimum Gasteiger partial charge on any atom is -0.478 e. The van der Waals surface area contributed by atoms with Crippen molar-refractivity contribution in [2.24, 2.45) is 0 Å². The standard InChI is InChI=1S/C10H11NO5S/c12-10(13)8-4-1-2-5-9(8)17(14,15)11-6-3-7-16-11/h1-2,4-5H,3,6-7H2,(H,12,13). The number of aromatic carboxylic acids is 1. The van der Waals surface area contributed by atoms with E-state index in [9.17, 15) is 13.2 Å². The lowest BCUT2D eigenvalue weighted by Crippen LogP contribution is -2.28. The molecule has 0 bridgehead atoms. The van der Waals surface area contributed by atoms with Crippen molar-refractivity contribution in [1.82, 2.24) is 4.47 Å². The van der Waals surface area contributed by atoms with Crippen LogP contribution in [0.15, 0.2) is 29.2 Å². The molecule has 1 heterocycles. The summed E-state index contributed by atoms with van der Waals surface area (Å²) in [5, 5.41) is 8.95. The maximum atomic E-state index is 12.1. The molecule has 1 N–H and O–H groups in total. The fourth-order valence-electron chi connectivity index (χ4n) is 1.59. The van der Waals surface area contributed by atoms with E-state index in [4.69, 9.17) is 9.94 Å². The summed E-state index contributed by atoms with van der Waals surface area (Å²) in [6, 6.07) is 5.48. The van der Waals surface area contributed by atoms with Crippen molar-refractivity contribution >= 4 is 16.0 Å². The Hall–Kier alpha value is -1.44. The second kappa shape index (κ2) is 4.44. The monoisotopic (exact) mass is 257 g/mol. The van der Waals surface area contributed by atoms with E-state index in [0.717, 1.165) is 4.47 Å². The Labute approximate surface area is 98.4 Å². The van der Waals surface area contributed by atoms with E-state index < -0.39 is 16.0 Å². The molecule has 17 heavy (non-hydrogen) atoms. The number of carboxylic acids is 1. The SMILES string of the molecule is O=C(O)c1ccccc1S(=O)(=O)N1CCCO1. The molecule has 0 unspecified atom stereocenters. The van der Waals surface area contributed by atoms with Gasteiger partial charge in [-0.3, -0.25) is 4.84 Å². The quantitative estimate of drug-likeness (QED) is 0.862. The van der Waals surface area contributed by atoms with Crippen molar-refractivity contribution in [3.8, 4) is 0 Å². The minimum atomic E-state index is -3.88. The zero-order valence-electron chi connectivity index (χ0n) is 8.87. The average Bonchev–Trinajstić information content (AvgIpc) is 2.83. The van der Waals surface area contributed by atoms with Crippen LogP contribution in [0.25, 0.3) is 0 Å². The molecule has 0 radical (unpaired) electrons. The van der Waals surface area contributed by atoms with Crippen molar-refractivity contribution in [3.05, 3.63) is 29.8 Å². The van der Waals surface area contributed by atoms with Crippen LogP contribution in [0.1, 0.15) is 16.8 Å². The molecule has 1 saturated heterocycles. The maximum absolute atomic E-state index is 12.1. The van der Waals surface area contributed by atoms with Gasteiger partial charge in [-0.15, -0.1) is 0 Å². The van der Waals surface area contributed by atoms with Crippen molar-refractivity contribution in [3.63, 3.8) is 0 Å². The van der Waals surface area contributed by atoms with Gasteiger partial charge in [-0.2, -0.15) is 0 Å². The zero-order valence-corrected chi connectivity index (χ0v) is 9.68. The van der Waals surface area contributed by atoms with Gasteiger partial charge in [-0.1, -0.05) is 16.6 Å². The lowest BCUT2D eigenvalue weighted by molar-refractivity contribution is -0.0285. The molecule has 6 nitrogen and oxygen atoms in total. The Kier molecular flexibility index (Phi) is 3.14. The van der Waals surface area contributed by atoms with Gasteiger partial charge in [0.2, 0.25) is 0 Å². The van der Waals surface area contributed by atoms with Crippen LogP contribution in [0.3, 0.4) is 0 Å². The summed E-state index contributed by atoms with van der Waals surface area (Å²) < 4.78 is 25.0. The Balaban J connectivity index is 2.49. The van der Waals surface area contributed by atoms with Crippen LogP contribution in [-0.2, 0) is 14.9 Å². The van der Waals surface area contributed by atoms with Crippen LogP contribution in [-0.4, -0.2) is 37.1 Å². The molecule has 92 valence electrons. The second-order valence-corrected chi connectivity index (χ2v) is 5.32. The third-order valence-electron chi connectivity index (χ3n) is 2.38. The maximum Gasteiger partial charge on any atom is 0.337 e. The zero-order chi connectivity index (χ0) is 12.5. The van der Waals surface area contributed by atoms with E-state index in [1.165, 1.54) is 24.3 Å². The molecule has 0 amide bonds. The smallest absolute Gasteiger partial charge is 0.337 e. The number of sulfonamides is 1. The number of hydroxylamine groups is 1. The highest BCUT2D eigenvalue weighted by Crippen LogP contribution is 2.22. The highest BCUT2D eigenvalue weighted by Gasteiger charge is 2.31. The number of carbonyl (C=O) groups is 1. The number of hydrogen-bond donors (Lipinski definition) is 1. The van der Waals surface area contributed by atoms with Crippen LogP contribution >= 0.6 is 0 Å². The van der Waals surface area contributed by atoms with Crippen LogP contribution in [0.5, 0.6) is 0 Å². The lowest BCUT2D eigenvalue weighted by atomic mass is 10.2. The fourth-order valence-corrected chi connectivity index (χ4v) is 3.08. The third-order valence-corrected chi connectivity index (χ3v) is 4.12. The molecule has 0 aliphatic carbocycles. The van der Waals surface area contributed by atoms with Gasteiger partial charge >= 0.3 is 5.97 Å². The molecule has 1 aromatic rings. The first-order chi connectivity index (χ1) is 8.03. The average molecular weight is 257 g/mol. The topological polar surface area (TPSA) is 83.9 Å². The van der Waals surface area contributed by atoms with Gasteiger partial charge in [0, 0.05) is 6.54 Å². The molecule has 1 aliphatic rings. The first-order valence-electron chi connectivity index (χ1n) is 5.01. The molecule has 1 aliphatic heterocycles. The van der Waals surface area contributed by atoms with E-state index >= 15 is 0 Å². The number of hydrogen-bond acceptors (Lipinski definition) is 4. The van der Waals surface area contributed by atoms with Crippen molar-refractivity contribution in [2.75, 3.05) is 13.2 Å². The van der Waals surface area contributed by atoms with Gasteiger partial charge in [0.15, 0.2) is 0 Å². The molecule has 0 atom stereocenters. The second-order valence-electron chi connectivity index (χ2n) is 3.52. The Bertz CT molecular complexity index is 533. The molecular weight excluding hydrogens is 246 g/mol. The Morgan fingerprint density at radius 1 is 1.35 bits per heavy atom. The van der Waals surface area contributed by atoms with Gasteiger partial charge in [-0.05, 0) is 18.6 Å². The number of nitrogens with zero attached hydrogens (tertiary/aromatic N) is 1. The normalized spacial score (nSPS) is 17.2. The van der Waals surface area contributed by atoms with E-state index in [2.05, 4.69) is 0 Å². The van der Waals surface area contributed by atoms with E-state index in [1.807, 2.05) is 0 Å². The highest BCUT2D eigenvalue weighted by molar-refractivity contribution is 7.89. The highest BCUT2D eigenvalue weighted by atomic mass is 32.2. The Morgan fingerprint density at radius 3 is 2.65 bits per heavy atom. The molecule has 0 saturated carbocycles. The van der Waals surface area contributed by atoms with Gasteiger partial charge < -0.3 is 5.11 Å². The van der Waals surface area contributed by atoms with Crippen LogP contribution in [0.2, 0.25) is 0 Å². The summed E-state index contributed by atoms with van der Waals surface area (Å²) in [7, 11) is -3.88. The number of rotatable bonds is 3. The lowest BCUT2D eigenvalue weighted by Gasteiger charge is -2.15. The first kappa shape index (κ1) is 12.0. The summed E-state index contributed by atoms with van der Waals surface area (Å²) in [6.45, 7) is 0.574. The fraction of sp³-hybridized carbons (Fsp3) is 0.300. The Morgan fingerprint density at radius 2 is 2.06 bits per heavy atom. The van der Waals surface area contributed by atoms with Gasteiger partial charge in [-0.25, -0.2) is 13.2 Å². The number of benzene rings is 1.